The van der Waals surface area contributed by atoms with Gasteiger partial charge in [0.25, 0.3) is 0 Å². The van der Waals surface area contributed by atoms with Gasteiger partial charge in [0.05, 0.1) is 0 Å². The molecule has 0 aromatic heterocycles. The third-order valence-corrected chi connectivity index (χ3v) is 3.94. The van der Waals surface area contributed by atoms with E-state index in [1.54, 1.807) is 0 Å². The third-order valence-electron chi connectivity index (χ3n) is 2.98. The van der Waals surface area contributed by atoms with Crippen LogP contribution in [0.4, 0.5) is 0 Å². The summed E-state index contributed by atoms with van der Waals surface area (Å²) in [5.41, 5.74) is 5.31. The number of aryl methyl sites for hydroxylation is 2. The standard InChI is InChI=1S/C15H22S2/c1-9-7-12(15(4,5)6)8-10(2)13(9)14(17)11(3)16/h7-8,16-17H,1-6H3/b14-11-. The van der Waals surface area contributed by atoms with Crippen molar-refractivity contribution in [2.75, 3.05) is 0 Å². The van der Waals surface area contributed by atoms with E-state index in [-0.39, 0.29) is 5.41 Å². The molecule has 94 valence electrons. The van der Waals surface area contributed by atoms with Crippen LogP contribution < -0.4 is 0 Å². The molecule has 0 unspecified atom stereocenters. The van der Waals surface area contributed by atoms with Crippen molar-refractivity contribution >= 4 is 30.2 Å². The van der Waals surface area contributed by atoms with E-state index >= 15 is 0 Å². The number of benzene rings is 1. The Morgan fingerprint density at radius 1 is 1.00 bits per heavy atom. The van der Waals surface area contributed by atoms with Gasteiger partial charge < -0.3 is 0 Å². The van der Waals surface area contributed by atoms with Gasteiger partial charge in [-0.15, -0.1) is 25.3 Å². The number of rotatable bonds is 1. The second-order valence-corrected chi connectivity index (χ2v) is 6.79. The van der Waals surface area contributed by atoms with Gasteiger partial charge in [0.15, 0.2) is 0 Å². The first-order valence-corrected chi connectivity index (χ1v) is 6.75. The summed E-state index contributed by atoms with van der Waals surface area (Å²) in [6, 6.07) is 4.52. The van der Waals surface area contributed by atoms with Crippen LogP contribution in [0.2, 0.25) is 0 Å². The van der Waals surface area contributed by atoms with Gasteiger partial charge in [-0.1, -0.05) is 32.9 Å². The van der Waals surface area contributed by atoms with Crippen LogP contribution in [-0.4, -0.2) is 0 Å². The molecule has 0 radical (unpaired) electrons. The third kappa shape index (κ3) is 3.32. The molecule has 17 heavy (non-hydrogen) atoms. The molecule has 2 heteroatoms. The fraction of sp³-hybridized carbons (Fsp3) is 0.467. The van der Waals surface area contributed by atoms with E-state index in [9.17, 15) is 0 Å². The van der Waals surface area contributed by atoms with Crippen LogP contribution in [0.25, 0.3) is 4.91 Å². The molecule has 0 aliphatic heterocycles. The first kappa shape index (κ1) is 14.7. The minimum Gasteiger partial charge on any atom is -0.147 e. The van der Waals surface area contributed by atoms with Crippen LogP contribution in [0.1, 0.15) is 49.9 Å². The summed E-state index contributed by atoms with van der Waals surface area (Å²) in [5.74, 6) is 0. The molecule has 0 saturated carbocycles. The molecule has 0 aliphatic carbocycles. The Hall–Kier alpha value is -0.340. The highest BCUT2D eigenvalue weighted by Gasteiger charge is 2.17. The van der Waals surface area contributed by atoms with Gasteiger partial charge in [0.1, 0.15) is 0 Å². The van der Waals surface area contributed by atoms with Crippen LogP contribution >= 0.6 is 25.3 Å². The minimum absolute atomic E-state index is 0.185. The lowest BCUT2D eigenvalue weighted by Gasteiger charge is -2.22. The first-order valence-electron chi connectivity index (χ1n) is 5.85. The number of hydrogen-bond acceptors (Lipinski definition) is 2. The highest BCUT2D eigenvalue weighted by Crippen LogP contribution is 2.33. The summed E-state index contributed by atoms with van der Waals surface area (Å²) in [6.45, 7) is 13.0. The van der Waals surface area contributed by atoms with Crippen molar-refractivity contribution in [3.63, 3.8) is 0 Å². The monoisotopic (exact) mass is 266 g/mol. The zero-order valence-electron chi connectivity index (χ0n) is 11.5. The molecular weight excluding hydrogens is 244 g/mol. The highest BCUT2D eigenvalue weighted by molar-refractivity contribution is 7.93. The average molecular weight is 266 g/mol. The molecule has 0 spiro atoms. The molecule has 0 nitrogen and oxygen atoms in total. The van der Waals surface area contributed by atoms with E-state index < -0.39 is 0 Å². The lowest BCUT2D eigenvalue weighted by atomic mass is 9.83. The summed E-state index contributed by atoms with van der Waals surface area (Å²) in [7, 11) is 0. The zero-order valence-corrected chi connectivity index (χ0v) is 13.3. The molecule has 0 saturated heterocycles. The van der Waals surface area contributed by atoms with Crippen molar-refractivity contribution in [1.82, 2.24) is 0 Å². The van der Waals surface area contributed by atoms with E-state index in [1.165, 1.54) is 22.3 Å². The first-order chi connectivity index (χ1) is 7.64. The predicted octanol–water partition coefficient (Wildman–Crippen LogP) is 5.15. The van der Waals surface area contributed by atoms with Crippen LogP contribution in [0.15, 0.2) is 17.0 Å². The van der Waals surface area contributed by atoms with Crippen molar-refractivity contribution in [3.05, 3.63) is 39.3 Å². The Balaban J connectivity index is 3.46. The smallest absolute Gasteiger partial charge is 0.0208 e. The summed E-state index contributed by atoms with van der Waals surface area (Å²) in [6.07, 6.45) is 0. The predicted molar refractivity (Wildman–Crippen MR) is 85.2 cm³/mol. The van der Waals surface area contributed by atoms with Crippen molar-refractivity contribution in [3.8, 4) is 0 Å². The Morgan fingerprint density at radius 2 is 1.41 bits per heavy atom. The molecule has 0 amide bonds. The quantitative estimate of drug-likeness (QED) is 0.645. The Kier molecular flexibility index (Phi) is 4.43. The van der Waals surface area contributed by atoms with Gasteiger partial charge in [0, 0.05) is 4.91 Å². The second-order valence-electron chi connectivity index (χ2n) is 5.67. The average Bonchev–Trinajstić information content (AvgIpc) is 2.14. The molecule has 0 heterocycles. The number of allylic oxidation sites excluding steroid dienone is 1. The van der Waals surface area contributed by atoms with Crippen molar-refractivity contribution in [2.24, 2.45) is 0 Å². The number of hydrogen-bond donors (Lipinski definition) is 2. The zero-order chi connectivity index (χ0) is 13.4. The van der Waals surface area contributed by atoms with Gasteiger partial charge in [0.2, 0.25) is 0 Å². The van der Waals surface area contributed by atoms with E-state index in [0.29, 0.717) is 0 Å². The molecule has 0 N–H and O–H groups in total. The Bertz CT molecular complexity index is 435. The van der Waals surface area contributed by atoms with Gasteiger partial charge in [-0.3, -0.25) is 0 Å². The summed E-state index contributed by atoms with van der Waals surface area (Å²) < 4.78 is 0. The maximum absolute atomic E-state index is 4.56. The van der Waals surface area contributed by atoms with E-state index in [4.69, 9.17) is 0 Å². The molecular formula is C15H22S2. The number of thiol groups is 2. The SMILES string of the molecule is C/C(S)=C(/S)c1c(C)cc(C(C)(C)C)cc1C. The maximum Gasteiger partial charge on any atom is 0.0208 e. The fourth-order valence-corrected chi connectivity index (χ4v) is 2.42. The minimum atomic E-state index is 0.185. The van der Waals surface area contributed by atoms with Gasteiger partial charge in [-0.05, 0) is 53.3 Å². The fourth-order valence-electron chi connectivity index (χ4n) is 1.95. The molecule has 0 aliphatic rings. The van der Waals surface area contributed by atoms with Gasteiger partial charge >= 0.3 is 0 Å². The topological polar surface area (TPSA) is 0 Å². The molecule has 1 aromatic rings. The van der Waals surface area contributed by atoms with E-state index in [0.717, 1.165) is 9.81 Å². The largest absolute Gasteiger partial charge is 0.147 e. The second kappa shape index (κ2) is 5.11. The molecule has 0 bridgehead atoms. The highest BCUT2D eigenvalue weighted by atomic mass is 32.1. The lowest BCUT2D eigenvalue weighted by molar-refractivity contribution is 0.589. The lowest BCUT2D eigenvalue weighted by Crippen LogP contribution is -2.12. The Morgan fingerprint density at radius 3 is 1.71 bits per heavy atom. The maximum atomic E-state index is 4.56. The van der Waals surface area contributed by atoms with Crippen molar-refractivity contribution < 1.29 is 0 Å². The summed E-state index contributed by atoms with van der Waals surface area (Å²) in [5, 5.41) is 0. The van der Waals surface area contributed by atoms with E-state index in [2.05, 4.69) is 72.0 Å². The summed E-state index contributed by atoms with van der Waals surface area (Å²) >= 11 is 8.95. The molecule has 0 atom stereocenters. The molecule has 0 fully saturated rings. The Labute approximate surface area is 116 Å². The van der Waals surface area contributed by atoms with Crippen molar-refractivity contribution in [1.29, 1.82) is 0 Å². The van der Waals surface area contributed by atoms with Crippen LogP contribution in [0, 0.1) is 13.8 Å². The van der Waals surface area contributed by atoms with E-state index in [1.807, 2.05) is 6.92 Å². The van der Waals surface area contributed by atoms with Gasteiger partial charge in [-0.2, -0.15) is 0 Å². The molecule has 1 aromatic carbocycles. The molecule has 1 rings (SSSR count). The van der Waals surface area contributed by atoms with Crippen LogP contribution in [-0.2, 0) is 5.41 Å². The van der Waals surface area contributed by atoms with Crippen LogP contribution in [0.3, 0.4) is 0 Å². The van der Waals surface area contributed by atoms with Crippen molar-refractivity contribution in [2.45, 2.75) is 47.0 Å². The van der Waals surface area contributed by atoms with Crippen LogP contribution in [0.5, 0.6) is 0 Å². The summed E-state index contributed by atoms with van der Waals surface area (Å²) in [4.78, 5) is 1.94. The normalized spacial score (nSPS) is 13.6. The van der Waals surface area contributed by atoms with Gasteiger partial charge in [-0.25, -0.2) is 0 Å².